The van der Waals surface area contributed by atoms with Crippen LogP contribution in [-0.4, -0.2) is 36.0 Å². The van der Waals surface area contributed by atoms with Gasteiger partial charge in [-0.2, -0.15) is 0 Å². The summed E-state index contributed by atoms with van der Waals surface area (Å²) in [7, 11) is 0. The Morgan fingerprint density at radius 2 is 1.93 bits per heavy atom. The lowest BCUT2D eigenvalue weighted by atomic mass is 9.46. The monoisotopic (exact) mass is 374 g/mol. The first-order valence-electron chi connectivity index (χ1n) is 11.0. The number of Topliss-reactive ketones (excluding diaryl/α,β-unsaturated/α-hetero) is 1. The Balaban J connectivity index is 1.49. The third-order valence-corrected chi connectivity index (χ3v) is 9.35. The number of fused-ring (bicyclic) bond motifs is 5. The van der Waals surface area contributed by atoms with Crippen molar-refractivity contribution < 1.29 is 19.4 Å². The molecule has 0 radical (unpaired) electrons. The summed E-state index contributed by atoms with van der Waals surface area (Å²) < 4.78 is 12.0. The standard InChI is InChI=1S/C23H34O4/c1-14(24)17-6-7-18-16-5-4-15-12-23(26-10-11-27-23)9-8-21(15,2)20(16)19(25)13-22(17,18)3/h4,16-20,25H,5-13H2,1-3H3/t16?,17?,18?,19?,20?,21-,22+/m0/s1. The fraction of sp³-hybridized carbons (Fsp3) is 0.870. The van der Waals surface area contributed by atoms with Crippen molar-refractivity contribution in [2.24, 2.45) is 34.5 Å². The Morgan fingerprint density at radius 1 is 1.19 bits per heavy atom. The van der Waals surface area contributed by atoms with E-state index in [2.05, 4.69) is 19.9 Å². The van der Waals surface area contributed by atoms with E-state index in [4.69, 9.17) is 9.47 Å². The van der Waals surface area contributed by atoms with Crippen LogP contribution in [0.15, 0.2) is 11.6 Å². The molecule has 0 aromatic rings. The molecule has 0 aromatic carbocycles. The molecule has 150 valence electrons. The van der Waals surface area contributed by atoms with Gasteiger partial charge in [0.15, 0.2) is 5.79 Å². The van der Waals surface area contributed by atoms with Crippen molar-refractivity contribution in [1.82, 2.24) is 0 Å². The van der Waals surface area contributed by atoms with Crippen LogP contribution >= 0.6 is 0 Å². The van der Waals surface area contributed by atoms with Crippen LogP contribution in [0.5, 0.6) is 0 Å². The first kappa shape index (κ1) is 18.3. The number of carbonyl (C=O) groups is 1. The zero-order chi connectivity index (χ0) is 19.0. The zero-order valence-electron chi connectivity index (χ0n) is 17.0. The molecule has 1 saturated heterocycles. The smallest absolute Gasteiger partial charge is 0.172 e. The summed E-state index contributed by atoms with van der Waals surface area (Å²) in [6.07, 6.45) is 8.91. The van der Waals surface area contributed by atoms with E-state index in [-0.39, 0.29) is 22.9 Å². The van der Waals surface area contributed by atoms with E-state index in [0.29, 0.717) is 36.8 Å². The van der Waals surface area contributed by atoms with Crippen molar-refractivity contribution in [3.05, 3.63) is 11.6 Å². The van der Waals surface area contributed by atoms with E-state index in [1.165, 1.54) is 5.57 Å². The number of carbonyl (C=O) groups excluding carboxylic acids is 1. The van der Waals surface area contributed by atoms with Crippen molar-refractivity contribution in [3.63, 3.8) is 0 Å². The molecule has 0 bridgehead atoms. The molecule has 5 aliphatic rings. The van der Waals surface area contributed by atoms with Crippen LogP contribution in [0.4, 0.5) is 0 Å². The second kappa shape index (κ2) is 5.90. The summed E-state index contributed by atoms with van der Waals surface area (Å²) >= 11 is 0. The number of ketones is 1. The van der Waals surface area contributed by atoms with Crippen molar-refractivity contribution in [2.75, 3.05) is 13.2 Å². The summed E-state index contributed by atoms with van der Waals surface area (Å²) in [6, 6.07) is 0. The number of hydrogen-bond acceptors (Lipinski definition) is 4. The summed E-state index contributed by atoms with van der Waals surface area (Å²) in [5.41, 5.74) is 1.46. The summed E-state index contributed by atoms with van der Waals surface area (Å²) in [4.78, 5) is 12.3. The molecule has 4 heteroatoms. The van der Waals surface area contributed by atoms with E-state index < -0.39 is 5.79 Å². The first-order valence-corrected chi connectivity index (χ1v) is 11.0. The lowest BCUT2D eigenvalue weighted by molar-refractivity contribution is -0.194. The SMILES string of the molecule is CC(=O)C1CCC2C3CC=C4CC5(CC[C@]4(C)C3C(O)C[C@]12C)OCCO5. The molecule has 7 atom stereocenters. The number of hydrogen-bond donors (Lipinski definition) is 1. The van der Waals surface area contributed by atoms with E-state index in [9.17, 15) is 9.90 Å². The normalized spacial score (nSPS) is 50.7. The maximum atomic E-state index is 12.3. The maximum Gasteiger partial charge on any atom is 0.172 e. The molecule has 5 unspecified atom stereocenters. The topological polar surface area (TPSA) is 55.8 Å². The van der Waals surface area contributed by atoms with E-state index >= 15 is 0 Å². The van der Waals surface area contributed by atoms with Crippen molar-refractivity contribution in [1.29, 1.82) is 0 Å². The quantitative estimate of drug-likeness (QED) is 0.708. The third kappa shape index (κ3) is 2.42. The van der Waals surface area contributed by atoms with Crippen molar-refractivity contribution >= 4 is 5.78 Å². The molecule has 1 spiro atoms. The Kier molecular flexibility index (Phi) is 4.00. The highest BCUT2D eigenvalue weighted by Crippen LogP contribution is 2.67. The number of aliphatic hydroxyl groups excluding tert-OH is 1. The van der Waals surface area contributed by atoms with E-state index in [1.54, 1.807) is 6.92 Å². The molecule has 1 N–H and O–H groups in total. The van der Waals surface area contributed by atoms with E-state index in [0.717, 1.165) is 44.9 Å². The number of rotatable bonds is 1. The summed E-state index contributed by atoms with van der Waals surface area (Å²) in [5, 5.41) is 11.4. The van der Waals surface area contributed by atoms with Gasteiger partial charge in [-0.15, -0.1) is 0 Å². The Hall–Kier alpha value is -0.710. The highest BCUT2D eigenvalue weighted by atomic mass is 16.7. The van der Waals surface area contributed by atoms with Crippen LogP contribution < -0.4 is 0 Å². The van der Waals surface area contributed by atoms with Gasteiger partial charge < -0.3 is 14.6 Å². The number of allylic oxidation sites excluding steroid dienone is 1. The average Bonchev–Trinajstić information content (AvgIpc) is 3.19. The first-order chi connectivity index (χ1) is 12.8. The van der Waals surface area contributed by atoms with Gasteiger partial charge >= 0.3 is 0 Å². The molecule has 0 amide bonds. The average molecular weight is 375 g/mol. The molecule has 27 heavy (non-hydrogen) atoms. The highest BCUT2D eigenvalue weighted by molar-refractivity contribution is 5.79. The molecular weight excluding hydrogens is 340 g/mol. The minimum Gasteiger partial charge on any atom is -0.393 e. The largest absolute Gasteiger partial charge is 0.393 e. The fourth-order valence-corrected chi connectivity index (χ4v) is 8.15. The molecule has 1 aliphatic heterocycles. The minimum absolute atomic E-state index is 0.0261. The molecule has 3 saturated carbocycles. The Morgan fingerprint density at radius 3 is 2.63 bits per heavy atom. The third-order valence-electron chi connectivity index (χ3n) is 9.35. The van der Waals surface area contributed by atoms with Crippen LogP contribution in [0.25, 0.3) is 0 Å². The van der Waals surface area contributed by atoms with Gasteiger partial charge in [-0.05, 0) is 67.6 Å². The maximum absolute atomic E-state index is 12.3. The van der Waals surface area contributed by atoms with Crippen LogP contribution in [0, 0.1) is 34.5 Å². The Bertz CT molecular complexity index is 678. The van der Waals surface area contributed by atoms with Gasteiger partial charge in [0.2, 0.25) is 0 Å². The van der Waals surface area contributed by atoms with Crippen LogP contribution in [0.3, 0.4) is 0 Å². The van der Waals surface area contributed by atoms with Crippen LogP contribution in [0.2, 0.25) is 0 Å². The summed E-state index contributed by atoms with van der Waals surface area (Å²) in [5.74, 6) is 1.41. The predicted octanol–water partition coefficient (Wildman–Crippen LogP) is 3.87. The fourth-order valence-electron chi connectivity index (χ4n) is 8.15. The second-order valence-corrected chi connectivity index (χ2v) is 10.5. The molecule has 0 aromatic heterocycles. The molecule has 4 aliphatic carbocycles. The minimum atomic E-state index is -0.403. The van der Waals surface area contributed by atoms with Gasteiger partial charge in [-0.1, -0.05) is 25.5 Å². The van der Waals surface area contributed by atoms with Crippen LogP contribution in [-0.2, 0) is 14.3 Å². The molecule has 4 fully saturated rings. The lowest BCUT2D eigenvalue weighted by Crippen LogP contribution is -2.57. The molecule has 5 rings (SSSR count). The number of ether oxygens (including phenoxy) is 2. The van der Waals surface area contributed by atoms with Gasteiger partial charge in [0, 0.05) is 18.8 Å². The zero-order valence-corrected chi connectivity index (χ0v) is 17.0. The van der Waals surface area contributed by atoms with Gasteiger partial charge in [0.25, 0.3) is 0 Å². The van der Waals surface area contributed by atoms with Gasteiger partial charge in [-0.25, -0.2) is 0 Å². The summed E-state index contributed by atoms with van der Waals surface area (Å²) in [6.45, 7) is 7.81. The van der Waals surface area contributed by atoms with E-state index in [1.807, 2.05) is 0 Å². The highest BCUT2D eigenvalue weighted by Gasteiger charge is 2.63. The molecule has 4 nitrogen and oxygen atoms in total. The second-order valence-electron chi connectivity index (χ2n) is 10.5. The Labute approximate surface area is 162 Å². The van der Waals surface area contributed by atoms with Crippen molar-refractivity contribution in [2.45, 2.75) is 77.6 Å². The van der Waals surface area contributed by atoms with Gasteiger partial charge in [-0.3, -0.25) is 4.79 Å². The van der Waals surface area contributed by atoms with Gasteiger partial charge in [0.1, 0.15) is 5.78 Å². The van der Waals surface area contributed by atoms with Crippen LogP contribution in [0.1, 0.15) is 65.7 Å². The number of aliphatic hydroxyl groups is 1. The lowest BCUT2D eigenvalue weighted by Gasteiger charge is -2.60. The van der Waals surface area contributed by atoms with Crippen molar-refractivity contribution in [3.8, 4) is 0 Å². The molecule has 1 heterocycles. The predicted molar refractivity (Wildman–Crippen MR) is 102 cm³/mol. The molecular formula is C23H34O4. The van der Waals surface area contributed by atoms with Gasteiger partial charge in [0.05, 0.1) is 19.3 Å².